The molecule has 0 fully saturated rings. The summed E-state index contributed by atoms with van der Waals surface area (Å²) in [5, 5.41) is 5.58. The lowest BCUT2D eigenvalue weighted by Gasteiger charge is -2.14. The first-order valence-electron chi connectivity index (χ1n) is 7.77. The second-order valence-corrected chi connectivity index (χ2v) is 6.89. The summed E-state index contributed by atoms with van der Waals surface area (Å²) in [6.07, 6.45) is -0.0359. The van der Waals surface area contributed by atoms with Crippen molar-refractivity contribution in [3.63, 3.8) is 0 Å². The van der Waals surface area contributed by atoms with Crippen molar-refractivity contribution in [2.75, 3.05) is 11.9 Å². The fraction of sp³-hybridized carbons (Fsp3) is 0.111. The number of amides is 3. The van der Waals surface area contributed by atoms with Gasteiger partial charge in [-0.1, -0.05) is 34.1 Å². The topological polar surface area (TPSA) is 78.5 Å². The van der Waals surface area contributed by atoms with Crippen LogP contribution in [0.25, 0.3) is 0 Å². The number of fused-ring (bicyclic) bond motifs is 1. The Morgan fingerprint density at radius 2 is 1.69 bits per heavy atom. The molecule has 3 rings (SSSR count). The molecule has 0 saturated heterocycles. The summed E-state index contributed by atoms with van der Waals surface area (Å²) >= 11 is 8.45. The quantitative estimate of drug-likeness (QED) is 0.574. The number of carbonyl (C=O) groups is 3. The van der Waals surface area contributed by atoms with E-state index in [1.807, 2.05) is 24.3 Å². The average Bonchev–Trinajstić information content (AvgIpc) is 2.84. The van der Waals surface area contributed by atoms with Crippen LogP contribution >= 0.6 is 28.1 Å². The van der Waals surface area contributed by atoms with Crippen LogP contribution in [0.4, 0.5) is 5.69 Å². The summed E-state index contributed by atoms with van der Waals surface area (Å²) in [6.45, 7) is -0.00230. The number of imide groups is 1. The van der Waals surface area contributed by atoms with Crippen molar-refractivity contribution < 1.29 is 14.4 Å². The number of thiocarbonyl (C=S) groups is 1. The van der Waals surface area contributed by atoms with Gasteiger partial charge in [0.05, 0.1) is 11.1 Å². The summed E-state index contributed by atoms with van der Waals surface area (Å²) in [4.78, 5) is 37.6. The molecule has 1 aliphatic heterocycles. The smallest absolute Gasteiger partial charge is 0.261 e. The van der Waals surface area contributed by atoms with Crippen LogP contribution in [0.2, 0.25) is 0 Å². The first-order valence-corrected chi connectivity index (χ1v) is 8.97. The molecule has 0 unspecified atom stereocenters. The number of anilines is 1. The Morgan fingerprint density at radius 1 is 1.04 bits per heavy atom. The third-order valence-corrected chi connectivity index (χ3v) is 4.47. The lowest BCUT2D eigenvalue weighted by molar-refractivity contribution is -0.119. The summed E-state index contributed by atoms with van der Waals surface area (Å²) in [6, 6.07) is 13.9. The van der Waals surface area contributed by atoms with Crippen molar-refractivity contribution in [1.82, 2.24) is 10.2 Å². The van der Waals surface area contributed by atoms with Gasteiger partial charge in [-0.25, -0.2) is 0 Å². The molecule has 0 aromatic heterocycles. The fourth-order valence-electron chi connectivity index (χ4n) is 2.57. The third kappa shape index (κ3) is 3.97. The van der Waals surface area contributed by atoms with E-state index >= 15 is 0 Å². The first-order chi connectivity index (χ1) is 12.5. The van der Waals surface area contributed by atoms with Crippen LogP contribution in [0, 0.1) is 0 Å². The Bertz CT molecular complexity index is 881. The van der Waals surface area contributed by atoms with Crippen LogP contribution in [0.1, 0.15) is 27.1 Å². The number of rotatable bonds is 4. The predicted molar refractivity (Wildman–Crippen MR) is 105 cm³/mol. The molecule has 2 aromatic rings. The molecular formula is C18H14BrN3O3S. The van der Waals surface area contributed by atoms with Gasteiger partial charge in [-0.2, -0.15) is 0 Å². The van der Waals surface area contributed by atoms with Crippen LogP contribution < -0.4 is 10.6 Å². The van der Waals surface area contributed by atoms with Crippen molar-refractivity contribution >= 4 is 56.7 Å². The van der Waals surface area contributed by atoms with Crippen molar-refractivity contribution in [2.45, 2.75) is 6.42 Å². The average molecular weight is 432 g/mol. The molecule has 8 heteroatoms. The predicted octanol–water partition coefficient (Wildman–Crippen LogP) is 2.95. The van der Waals surface area contributed by atoms with Gasteiger partial charge >= 0.3 is 0 Å². The minimum atomic E-state index is -0.381. The first kappa shape index (κ1) is 18.2. The van der Waals surface area contributed by atoms with Crippen LogP contribution in [-0.2, 0) is 4.79 Å². The van der Waals surface area contributed by atoms with Gasteiger partial charge in [0.1, 0.15) is 0 Å². The molecule has 0 bridgehead atoms. The van der Waals surface area contributed by atoms with Gasteiger partial charge in [0.2, 0.25) is 5.91 Å². The van der Waals surface area contributed by atoms with Crippen LogP contribution in [0.3, 0.4) is 0 Å². The van der Waals surface area contributed by atoms with E-state index in [0.29, 0.717) is 11.1 Å². The highest BCUT2D eigenvalue weighted by molar-refractivity contribution is 9.10. The highest BCUT2D eigenvalue weighted by Gasteiger charge is 2.34. The number of nitrogens with one attached hydrogen (secondary N) is 2. The monoisotopic (exact) mass is 431 g/mol. The molecule has 2 N–H and O–H groups in total. The lowest BCUT2D eigenvalue weighted by Crippen LogP contribution is -2.38. The molecule has 6 nitrogen and oxygen atoms in total. The third-order valence-electron chi connectivity index (χ3n) is 3.78. The molecule has 0 radical (unpaired) electrons. The van der Waals surface area contributed by atoms with E-state index in [1.165, 1.54) is 0 Å². The minimum Gasteiger partial charge on any atom is -0.332 e. The highest BCUT2D eigenvalue weighted by Crippen LogP contribution is 2.22. The Kier molecular flexibility index (Phi) is 5.43. The zero-order valence-corrected chi connectivity index (χ0v) is 15.9. The number of nitrogens with zero attached hydrogens (tertiary/aromatic N) is 1. The second-order valence-electron chi connectivity index (χ2n) is 5.57. The van der Waals surface area contributed by atoms with E-state index in [0.717, 1.165) is 15.1 Å². The van der Waals surface area contributed by atoms with Crippen molar-refractivity contribution in [3.8, 4) is 0 Å². The number of halogens is 1. The zero-order valence-electron chi connectivity index (χ0n) is 13.5. The zero-order chi connectivity index (χ0) is 18.7. The van der Waals surface area contributed by atoms with E-state index in [4.69, 9.17) is 12.2 Å². The number of hydrogen-bond donors (Lipinski definition) is 2. The summed E-state index contributed by atoms with van der Waals surface area (Å²) in [5.41, 5.74) is 1.46. The van der Waals surface area contributed by atoms with Crippen LogP contribution in [0.15, 0.2) is 53.0 Å². The van der Waals surface area contributed by atoms with E-state index in [-0.39, 0.29) is 35.8 Å². The second kappa shape index (κ2) is 7.76. The van der Waals surface area contributed by atoms with Gasteiger partial charge in [0.15, 0.2) is 5.11 Å². The molecule has 0 aliphatic carbocycles. The van der Waals surface area contributed by atoms with Gasteiger partial charge in [0.25, 0.3) is 11.8 Å². The Hall–Kier alpha value is -2.58. The van der Waals surface area contributed by atoms with Crippen LogP contribution in [0.5, 0.6) is 0 Å². The van der Waals surface area contributed by atoms with E-state index in [2.05, 4.69) is 26.6 Å². The molecule has 0 atom stereocenters. The van der Waals surface area contributed by atoms with Gasteiger partial charge in [-0.3, -0.25) is 19.3 Å². The molecular weight excluding hydrogens is 418 g/mol. The maximum absolute atomic E-state index is 12.2. The largest absolute Gasteiger partial charge is 0.332 e. The van der Waals surface area contributed by atoms with Gasteiger partial charge in [0, 0.05) is 23.1 Å². The van der Waals surface area contributed by atoms with Crippen LogP contribution in [-0.4, -0.2) is 34.3 Å². The standard InChI is InChI=1S/C18H14BrN3O3S/c19-11-4-3-5-12(10-11)20-18(26)21-15(23)8-9-22-16(24)13-6-1-2-7-14(13)17(22)25/h1-7,10H,8-9H2,(H2,20,21,23,26). The molecule has 2 aromatic carbocycles. The Balaban J connectivity index is 1.52. The van der Waals surface area contributed by atoms with E-state index in [1.54, 1.807) is 24.3 Å². The molecule has 26 heavy (non-hydrogen) atoms. The van der Waals surface area contributed by atoms with Gasteiger partial charge < -0.3 is 10.6 Å². The molecule has 1 aliphatic rings. The SMILES string of the molecule is O=C(CCN1C(=O)c2ccccc2C1=O)NC(=S)Nc1cccc(Br)c1. The van der Waals surface area contributed by atoms with E-state index in [9.17, 15) is 14.4 Å². The van der Waals surface area contributed by atoms with Gasteiger partial charge in [-0.15, -0.1) is 0 Å². The molecule has 1 heterocycles. The Morgan fingerprint density at radius 3 is 2.31 bits per heavy atom. The molecule has 0 saturated carbocycles. The molecule has 0 spiro atoms. The number of benzene rings is 2. The molecule has 132 valence electrons. The maximum atomic E-state index is 12.2. The minimum absolute atomic E-state index is 0.00230. The fourth-order valence-corrected chi connectivity index (χ4v) is 3.20. The van der Waals surface area contributed by atoms with Crippen molar-refractivity contribution in [2.24, 2.45) is 0 Å². The maximum Gasteiger partial charge on any atom is 0.261 e. The van der Waals surface area contributed by atoms with Gasteiger partial charge in [-0.05, 0) is 42.5 Å². The van der Waals surface area contributed by atoms with Crippen molar-refractivity contribution in [3.05, 3.63) is 64.1 Å². The number of carbonyl (C=O) groups excluding carboxylic acids is 3. The van der Waals surface area contributed by atoms with Crippen molar-refractivity contribution in [1.29, 1.82) is 0 Å². The highest BCUT2D eigenvalue weighted by atomic mass is 79.9. The molecule has 3 amide bonds. The summed E-state index contributed by atoms with van der Waals surface area (Å²) < 4.78 is 0.877. The normalized spacial score (nSPS) is 12.7. The van der Waals surface area contributed by atoms with E-state index < -0.39 is 0 Å². The number of hydrogen-bond acceptors (Lipinski definition) is 4. The summed E-state index contributed by atoms with van der Waals surface area (Å²) in [7, 11) is 0. The lowest BCUT2D eigenvalue weighted by atomic mass is 10.1. The Labute approximate surface area is 163 Å². The summed E-state index contributed by atoms with van der Waals surface area (Å²) in [5.74, 6) is -1.14.